The highest BCUT2D eigenvalue weighted by atomic mass is 35.5. The van der Waals surface area contributed by atoms with Crippen molar-refractivity contribution in [3.63, 3.8) is 0 Å². The highest BCUT2D eigenvalue weighted by molar-refractivity contribution is 7.89. The van der Waals surface area contributed by atoms with Crippen molar-refractivity contribution in [2.45, 2.75) is 30.6 Å². The molecule has 0 atom stereocenters. The number of amides is 1. The summed E-state index contributed by atoms with van der Waals surface area (Å²) in [4.78, 5) is 11.8. The van der Waals surface area contributed by atoms with Crippen LogP contribution in [0.4, 0.5) is 5.69 Å². The van der Waals surface area contributed by atoms with Crippen molar-refractivity contribution < 1.29 is 13.2 Å². The highest BCUT2D eigenvalue weighted by Gasteiger charge is 2.26. The third kappa shape index (κ3) is 4.18. The topological polar surface area (TPSA) is 66.5 Å². The van der Waals surface area contributed by atoms with Gasteiger partial charge < -0.3 is 5.32 Å². The lowest BCUT2D eigenvalue weighted by molar-refractivity contribution is -0.116. The molecule has 5 nitrogen and oxygen atoms in total. The SMILES string of the molecule is O=C(CCCCl)Nc1ccc(S(=O)(=O)N2CCCC2)cc1. The molecule has 1 aliphatic rings. The van der Waals surface area contributed by atoms with Crippen molar-refractivity contribution in [3.05, 3.63) is 24.3 Å². The average molecular weight is 331 g/mol. The molecule has 1 aromatic carbocycles. The van der Waals surface area contributed by atoms with Gasteiger partial charge in [-0.05, 0) is 43.5 Å². The predicted molar refractivity (Wildman–Crippen MR) is 83.0 cm³/mol. The fraction of sp³-hybridized carbons (Fsp3) is 0.500. The van der Waals surface area contributed by atoms with Crippen LogP contribution in [0.1, 0.15) is 25.7 Å². The molecule has 1 heterocycles. The number of nitrogens with zero attached hydrogens (tertiary/aromatic N) is 1. The second kappa shape index (κ2) is 7.24. The molecule has 116 valence electrons. The van der Waals surface area contributed by atoms with Crippen molar-refractivity contribution in [2.24, 2.45) is 0 Å². The van der Waals surface area contributed by atoms with E-state index >= 15 is 0 Å². The average Bonchev–Trinajstić information content (AvgIpc) is 3.00. The number of rotatable bonds is 6. The Kier molecular flexibility index (Phi) is 5.61. The molecule has 0 spiro atoms. The third-order valence-electron chi connectivity index (χ3n) is 3.38. The Bertz CT molecular complexity index is 581. The highest BCUT2D eigenvalue weighted by Crippen LogP contribution is 2.22. The molecular weight excluding hydrogens is 312 g/mol. The Morgan fingerprint density at radius 1 is 1.19 bits per heavy atom. The summed E-state index contributed by atoms with van der Waals surface area (Å²) in [5, 5.41) is 2.72. The fourth-order valence-corrected chi connectivity index (χ4v) is 3.89. The first kappa shape index (κ1) is 16.3. The standard InChI is InChI=1S/C14H19ClN2O3S/c15-9-3-4-14(18)16-12-5-7-13(8-6-12)21(19,20)17-10-1-2-11-17/h5-8H,1-4,9-11H2,(H,16,18). The van der Waals surface area contributed by atoms with Crippen molar-refractivity contribution in [2.75, 3.05) is 24.3 Å². The molecular formula is C14H19ClN2O3S. The number of sulfonamides is 1. The van der Waals surface area contributed by atoms with E-state index in [2.05, 4.69) is 5.32 Å². The van der Waals surface area contributed by atoms with E-state index in [1.165, 1.54) is 16.4 Å². The number of hydrogen-bond acceptors (Lipinski definition) is 3. The number of carbonyl (C=O) groups excluding carboxylic acids is 1. The maximum atomic E-state index is 12.3. The van der Waals surface area contributed by atoms with E-state index in [-0.39, 0.29) is 10.8 Å². The first-order valence-electron chi connectivity index (χ1n) is 7.00. The van der Waals surface area contributed by atoms with Gasteiger partial charge >= 0.3 is 0 Å². The number of alkyl halides is 1. The summed E-state index contributed by atoms with van der Waals surface area (Å²) in [7, 11) is -3.39. The van der Waals surface area contributed by atoms with Crippen LogP contribution in [0, 0.1) is 0 Å². The quantitative estimate of drug-likeness (QED) is 0.815. The molecule has 7 heteroatoms. The molecule has 2 rings (SSSR count). The van der Waals surface area contributed by atoms with Crippen LogP contribution in [0.25, 0.3) is 0 Å². The molecule has 0 radical (unpaired) electrons. The van der Waals surface area contributed by atoms with Crippen molar-refractivity contribution >= 4 is 33.2 Å². The molecule has 1 saturated heterocycles. The van der Waals surface area contributed by atoms with E-state index in [9.17, 15) is 13.2 Å². The Morgan fingerprint density at radius 2 is 1.81 bits per heavy atom. The van der Waals surface area contributed by atoms with Crippen LogP contribution in [0.15, 0.2) is 29.2 Å². The Labute approximate surface area is 130 Å². The molecule has 21 heavy (non-hydrogen) atoms. The molecule has 0 bridgehead atoms. The summed E-state index contributed by atoms with van der Waals surface area (Å²) in [5.41, 5.74) is 0.593. The lowest BCUT2D eigenvalue weighted by atomic mass is 10.3. The molecule has 1 N–H and O–H groups in total. The normalized spacial score (nSPS) is 16.0. The van der Waals surface area contributed by atoms with Crippen LogP contribution in [0.3, 0.4) is 0 Å². The number of halogens is 1. The van der Waals surface area contributed by atoms with Gasteiger partial charge in [-0.15, -0.1) is 11.6 Å². The molecule has 0 aliphatic carbocycles. The number of hydrogen-bond donors (Lipinski definition) is 1. The van der Waals surface area contributed by atoms with Crippen LogP contribution in [-0.4, -0.2) is 37.6 Å². The van der Waals surface area contributed by atoms with E-state index in [1.54, 1.807) is 12.1 Å². The van der Waals surface area contributed by atoms with Crippen molar-refractivity contribution in [1.29, 1.82) is 0 Å². The fourth-order valence-electron chi connectivity index (χ4n) is 2.24. The lowest BCUT2D eigenvalue weighted by Crippen LogP contribution is -2.27. The van der Waals surface area contributed by atoms with Gasteiger partial charge in [0.15, 0.2) is 0 Å². The Balaban J connectivity index is 2.03. The summed E-state index contributed by atoms with van der Waals surface area (Å²) in [5.74, 6) is 0.325. The molecule has 1 aromatic rings. The van der Waals surface area contributed by atoms with Crippen LogP contribution in [-0.2, 0) is 14.8 Å². The first-order valence-corrected chi connectivity index (χ1v) is 8.97. The summed E-state index contributed by atoms with van der Waals surface area (Å²) < 4.78 is 26.2. The zero-order valence-electron chi connectivity index (χ0n) is 11.7. The third-order valence-corrected chi connectivity index (χ3v) is 5.56. The number of carbonyl (C=O) groups is 1. The van der Waals surface area contributed by atoms with Crippen LogP contribution in [0.2, 0.25) is 0 Å². The number of anilines is 1. The van der Waals surface area contributed by atoms with Crippen LogP contribution in [0.5, 0.6) is 0 Å². The molecule has 1 amide bonds. The van der Waals surface area contributed by atoms with Crippen LogP contribution < -0.4 is 5.32 Å². The maximum Gasteiger partial charge on any atom is 0.243 e. The van der Waals surface area contributed by atoms with E-state index in [4.69, 9.17) is 11.6 Å². The van der Waals surface area contributed by atoms with E-state index < -0.39 is 10.0 Å². The summed E-state index contributed by atoms with van der Waals surface area (Å²) >= 11 is 5.53. The monoisotopic (exact) mass is 330 g/mol. The first-order chi connectivity index (χ1) is 10.0. The minimum Gasteiger partial charge on any atom is -0.326 e. The van der Waals surface area contributed by atoms with Gasteiger partial charge in [0.1, 0.15) is 0 Å². The van der Waals surface area contributed by atoms with Crippen LogP contribution >= 0.6 is 11.6 Å². The summed E-state index contributed by atoms with van der Waals surface area (Å²) in [6, 6.07) is 6.29. The van der Waals surface area contributed by atoms with E-state index in [0.717, 1.165) is 12.8 Å². The molecule has 1 aliphatic heterocycles. The van der Waals surface area contributed by atoms with Gasteiger partial charge in [-0.3, -0.25) is 4.79 Å². The van der Waals surface area contributed by atoms with Crippen molar-refractivity contribution in [1.82, 2.24) is 4.31 Å². The van der Waals surface area contributed by atoms with Gasteiger partial charge in [-0.2, -0.15) is 4.31 Å². The minimum absolute atomic E-state index is 0.120. The van der Waals surface area contributed by atoms with Crippen molar-refractivity contribution in [3.8, 4) is 0 Å². The van der Waals surface area contributed by atoms with Gasteiger partial charge in [-0.25, -0.2) is 8.42 Å². The van der Waals surface area contributed by atoms with Gasteiger partial charge in [-0.1, -0.05) is 0 Å². The van der Waals surface area contributed by atoms with Gasteiger partial charge in [0.2, 0.25) is 15.9 Å². The number of benzene rings is 1. The zero-order chi connectivity index (χ0) is 15.3. The predicted octanol–water partition coefficient (Wildman–Crippen LogP) is 2.43. The summed E-state index contributed by atoms with van der Waals surface area (Å²) in [6.45, 7) is 1.17. The minimum atomic E-state index is -3.39. The molecule has 0 unspecified atom stereocenters. The number of nitrogens with one attached hydrogen (secondary N) is 1. The largest absolute Gasteiger partial charge is 0.326 e. The zero-order valence-corrected chi connectivity index (χ0v) is 13.3. The molecule has 0 aromatic heterocycles. The van der Waals surface area contributed by atoms with Gasteiger partial charge in [0.05, 0.1) is 4.90 Å². The maximum absolute atomic E-state index is 12.3. The lowest BCUT2D eigenvalue weighted by Gasteiger charge is -2.15. The molecule has 1 fully saturated rings. The van der Waals surface area contributed by atoms with Gasteiger partial charge in [0, 0.05) is 31.1 Å². The second-order valence-electron chi connectivity index (χ2n) is 4.98. The summed E-state index contributed by atoms with van der Waals surface area (Å²) in [6.07, 6.45) is 2.80. The second-order valence-corrected chi connectivity index (χ2v) is 7.29. The Hall–Kier alpha value is -1.11. The molecule has 0 saturated carbocycles. The van der Waals surface area contributed by atoms with Gasteiger partial charge in [0.25, 0.3) is 0 Å². The van der Waals surface area contributed by atoms with E-state index in [1.807, 2.05) is 0 Å². The smallest absolute Gasteiger partial charge is 0.243 e. The Morgan fingerprint density at radius 3 is 2.38 bits per heavy atom. The van der Waals surface area contributed by atoms with E-state index in [0.29, 0.717) is 37.5 Å².